The normalized spacial score (nSPS) is 9.81. The Morgan fingerprint density at radius 3 is 3.05 bits per heavy atom. The number of nitrogens with one attached hydrogen (secondary N) is 1. The molecule has 0 aliphatic carbocycles. The van der Waals surface area contributed by atoms with Crippen LogP contribution in [0.3, 0.4) is 0 Å². The highest BCUT2D eigenvalue weighted by Gasteiger charge is 2.10. The fourth-order valence-electron chi connectivity index (χ4n) is 1.73. The van der Waals surface area contributed by atoms with Crippen LogP contribution in [0.15, 0.2) is 18.3 Å². The maximum absolute atomic E-state index is 12.1. The second kappa shape index (κ2) is 11.2. The molecule has 0 bridgehead atoms. The number of carbonyl (C=O) groups is 1. The Balaban J connectivity index is 2.48. The molecule has 0 spiro atoms. The van der Waals surface area contributed by atoms with Crippen molar-refractivity contribution in [1.82, 2.24) is 10.3 Å². The first-order valence-electron chi connectivity index (χ1n) is 7.11. The zero-order valence-corrected chi connectivity index (χ0v) is 13.2. The molecule has 21 heavy (non-hydrogen) atoms. The van der Waals surface area contributed by atoms with E-state index in [4.69, 9.17) is 5.11 Å². The predicted octanol–water partition coefficient (Wildman–Crippen LogP) is 2.08. The quantitative estimate of drug-likeness (QED) is 0.570. The number of unbranched alkanes of at least 4 members (excludes halogenated alkanes) is 2. The number of rotatable bonds is 8. The van der Waals surface area contributed by atoms with Crippen molar-refractivity contribution in [3.8, 4) is 11.8 Å². The van der Waals surface area contributed by atoms with E-state index in [1.165, 1.54) is 12.2 Å². The Hall–Kier alpha value is -1.51. The number of pyridine rings is 1. The molecule has 5 heteroatoms. The molecule has 0 radical (unpaired) electrons. The van der Waals surface area contributed by atoms with Gasteiger partial charge in [0.1, 0.15) is 5.69 Å². The van der Waals surface area contributed by atoms with Crippen molar-refractivity contribution in [2.24, 2.45) is 0 Å². The first kappa shape index (κ1) is 17.5. The number of nitrogens with zero attached hydrogens (tertiary/aromatic N) is 1. The lowest BCUT2D eigenvalue weighted by atomic mass is 10.1. The van der Waals surface area contributed by atoms with Crippen LogP contribution in [0.2, 0.25) is 0 Å². The summed E-state index contributed by atoms with van der Waals surface area (Å²) in [6, 6.07) is 3.52. The fourth-order valence-corrected chi connectivity index (χ4v) is 2.23. The van der Waals surface area contributed by atoms with E-state index in [0.717, 1.165) is 12.8 Å². The molecule has 0 saturated carbocycles. The lowest BCUT2D eigenvalue weighted by Gasteiger charge is -2.06. The fraction of sp³-hybridized carbons (Fsp3) is 0.500. The van der Waals surface area contributed by atoms with Crippen LogP contribution in [0.5, 0.6) is 0 Å². The highest BCUT2D eigenvalue weighted by Crippen LogP contribution is 2.05. The first-order valence-corrected chi connectivity index (χ1v) is 8.51. The van der Waals surface area contributed by atoms with E-state index in [2.05, 4.69) is 28.4 Å². The summed E-state index contributed by atoms with van der Waals surface area (Å²) in [5.41, 5.74) is 0.956. The van der Waals surface area contributed by atoms with E-state index in [9.17, 15) is 4.79 Å². The monoisotopic (exact) mass is 306 g/mol. The minimum atomic E-state index is -0.186. The van der Waals surface area contributed by atoms with E-state index in [1.807, 2.05) is 11.8 Å². The Morgan fingerprint density at radius 2 is 2.29 bits per heavy atom. The smallest absolute Gasteiger partial charge is 0.271 e. The molecule has 1 heterocycles. The van der Waals surface area contributed by atoms with Gasteiger partial charge in [-0.15, -0.1) is 0 Å². The average molecular weight is 306 g/mol. The van der Waals surface area contributed by atoms with Crippen LogP contribution in [0, 0.1) is 11.8 Å². The minimum absolute atomic E-state index is 0.0187. The third-order valence-electron chi connectivity index (χ3n) is 2.79. The van der Waals surface area contributed by atoms with Crippen molar-refractivity contribution in [3.05, 3.63) is 29.6 Å². The number of carbonyl (C=O) groups excluding carboxylic acids is 1. The Kier molecular flexibility index (Phi) is 9.34. The maximum Gasteiger partial charge on any atom is 0.271 e. The molecule has 0 aliphatic heterocycles. The van der Waals surface area contributed by atoms with Gasteiger partial charge in [-0.3, -0.25) is 4.79 Å². The van der Waals surface area contributed by atoms with Gasteiger partial charge in [0.15, 0.2) is 0 Å². The van der Waals surface area contributed by atoms with Gasteiger partial charge in [-0.25, -0.2) is 4.98 Å². The maximum atomic E-state index is 12.1. The number of aromatic nitrogens is 1. The zero-order chi connectivity index (χ0) is 15.3. The van der Waals surface area contributed by atoms with Gasteiger partial charge < -0.3 is 10.4 Å². The summed E-state index contributed by atoms with van der Waals surface area (Å²) in [4.78, 5) is 16.2. The van der Waals surface area contributed by atoms with Gasteiger partial charge in [0, 0.05) is 19.2 Å². The molecule has 1 aromatic heterocycles. The summed E-state index contributed by atoms with van der Waals surface area (Å²) in [5, 5.41) is 11.6. The van der Waals surface area contributed by atoms with Crippen molar-refractivity contribution < 1.29 is 9.90 Å². The van der Waals surface area contributed by atoms with E-state index in [0.29, 0.717) is 24.2 Å². The van der Waals surface area contributed by atoms with Crippen LogP contribution < -0.4 is 5.32 Å². The third-order valence-corrected chi connectivity index (χ3v) is 3.49. The number of hydrogen-bond donors (Lipinski definition) is 2. The Labute approximate surface area is 130 Å². The molecule has 1 rings (SSSR count). The van der Waals surface area contributed by atoms with Gasteiger partial charge in [0.05, 0.1) is 12.2 Å². The van der Waals surface area contributed by atoms with Crippen LogP contribution in [0.1, 0.15) is 41.7 Å². The van der Waals surface area contributed by atoms with Gasteiger partial charge in [0.2, 0.25) is 0 Å². The topological polar surface area (TPSA) is 62.2 Å². The van der Waals surface area contributed by atoms with Crippen molar-refractivity contribution in [3.63, 3.8) is 0 Å². The molecule has 1 amide bonds. The molecule has 0 aromatic carbocycles. The molecule has 0 aliphatic rings. The van der Waals surface area contributed by atoms with Gasteiger partial charge >= 0.3 is 0 Å². The van der Waals surface area contributed by atoms with Crippen LogP contribution >= 0.6 is 11.8 Å². The molecular formula is C16H22N2O2S. The lowest BCUT2D eigenvalue weighted by Crippen LogP contribution is -2.26. The minimum Gasteiger partial charge on any atom is -0.395 e. The summed E-state index contributed by atoms with van der Waals surface area (Å²) in [7, 11) is 0. The van der Waals surface area contributed by atoms with Crippen molar-refractivity contribution in [2.45, 2.75) is 25.7 Å². The van der Waals surface area contributed by atoms with E-state index in [-0.39, 0.29) is 12.5 Å². The number of aliphatic hydroxyl groups excluding tert-OH is 1. The van der Waals surface area contributed by atoms with Gasteiger partial charge in [0.25, 0.3) is 5.91 Å². The summed E-state index contributed by atoms with van der Waals surface area (Å²) in [6.45, 7) is 0.679. The van der Waals surface area contributed by atoms with Crippen LogP contribution in [0.25, 0.3) is 0 Å². The van der Waals surface area contributed by atoms with Gasteiger partial charge in [-0.1, -0.05) is 18.3 Å². The van der Waals surface area contributed by atoms with Crippen LogP contribution in [-0.2, 0) is 0 Å². The van der Waals surface area contributed by atoms with E-state index in [1.54, 1.807) is 18.3 Å². The van der Waals surface area contributed by atoms with Crippen molar-refractivity contribution >= 4 is 17.7 Å². The van der Waals surface area contributed by atoms with E-state index < -0.39 is 0 Å². The molecular weight excluding hydrogens is 284 g/mol. The summed E-state index contributed by atoms with van der Waals surface area (Å²) in [5.74, 6) is 6.67. The van der Waals surface area contributed by atoms with Gasteiger partial charge in [-0.05, 0) is 37.0 Å². The molecule has 4 nitrogen and oxygen atoms in total. The van der Waals surface area contributed by atoms with E-state index >= 15 is 0 Å². The molecule has 0 fully saturated rings. The van der Waals surface area contributed by atoms with Crippen molar-refractivity contribution in [1.29, 1.82) is 0 Å². The van der Waals surface area contributed by atoms with Crippen LogP contribution in [0.4, 0.5) is 0 Å². The number of thioether (sulfide) groups is 1. The standard InChI is InChI=1S/C16H22N2O2S/c1-21-13-6-2-4-10-18-16(20)15-14(8-3-5-12-19)9-7-11-17-15/h7,9,11,19H,2,4-6,10,12-13H2,1H3,(H,18,20). The molecule has 114 valence electrons. The third kappa shape index (κ3) is 7.16. The highest BCUT2D eigenvalue weighted by atomic mass is 32.2. The second-order valence-electron chi connectivity index (χ2n) is 4.48. The largest absolute Gasteiger partial charge is 0.395 e. The SMILES string of the molecule is CSCCCCCNC(=O)c1ncccc1C#CCCO. The lowest BCUT2D eigenvalue weighted by molar-refractivity contribution is 0.0948. The second-order valence-corrected chi connectivity index (χ2v) is 5.47. The summed E-state index contributed by atoms with van der Waals surface area (Å²) < 4.78 is 0. The molecule has 0 unspecified atom stereocenters. The molecule has 1 aromatic rings. The van der Waals surface area contributed by atoms with Crippen molar-refractivity contribution in [2.75, 3.05) is 25.2 Å². The summed E-state index contributed by atoms with van der Waals surface area (Å²) in [6.07, 6.45) is 7.36. The molecule has 0 saturated heterocycles. The number of hydrogen-bond acceptors (Lipinski definition) is 4. The van der Waals surface area contributed by atoms with Crippen LogP contribution in [-0.4, -0.2) is 41.2 Å². The Morgan fingerprint density at radius 1 is 1.43 bits per heavy atom. The molecule has 0 atom stereocenters. The first-order chi connectivity index (χ1) is 10.3. The van der Waals surface area contributed by atoms with Gasteiger partial charge in [-0.2, -0.15) is 11.8 Å². The summed E-state index contributed by atoms with van der Waals surface area (Å²) >= 11 is 1.84. The zero-order valence-electron chi connectivity index (χ0n) is 12.4. The number of aliphatic hydroxyl groups is 1. The number of amides is 1. The highest BCUT2D eigenvalue weighted by molar-refractivity contribution is 7.98. The molecule has 2 N–H and O–H groups in total. The predicted molar refractivity (Wildman–Crippen MR) is 87.4 cm³/mol. The average Bonchev–Trinajstić information content (AvgIpc) is 2.51. The Bertz CT molecular complexity index is 495.